The van der Waals surface area contributed by atoms with E-state index in [1.807, 2.05) is 65.0 Å². The van der Waals surface area contributed by atoms with Crippen molar-refractivity contribution in [3.8, 4) is 0 Å². The monoisotopic (exact) mass is 398 g/mol. The zero-order chi connectivity index (χ0) is 21.4. The quantitative estimate of drug-likeness (QED) is 0.624. The van der Waals surface area contributed by atoms with Crippen LogP contribution in [0.2, 0.25) is 0 Å². The maximum absolute atomic E-state index is 13.2. The average molecular weight is 399 g/mol. The van der Waals surface area contributed by atoms with Gasteiger partial charge in [-0.2, -0.15) is 0 Å². The number of carbonyl (C=O) groups is 2. The Morgan fingerprint density at radius 3 is 2.24 bits per heavy atom. The third-order valence-electron chi connectivity index (χ3n) is 4.72. The molecule has 0 N–H and O–H groups in total. The Bertz CT molecular complexity index is 761. The molecule has 0 spiro atoms. The molecule has 1 aromatic carbocycles. The van der Waals surface area contributed by atoms with E-state index < -0.39 is 0 Å². The van der Waals surface area contributed by atoms with Crippen molar-refractivity contribution in [2.24, 2.45) is 5.41 Å². The predicted molar refractivity (Wildman–Crippen MR) is 115 cm³/mol. The van der Waals surface area contributed by atoms with Crippen molar-refractivity contribution in [1.82, 2.24) is 9.80 Å². The number of amides is 2. The summed E-state index contributed by atoms with van der Waals surface area (Å²) in [6.45, 7) is 11.1. The highest BCUT2D eigenvalue weighted by Gasteiger charge is 2.27. The summed E-state index contributed by atoms with van der Waals surface area (Å²) >= 11 is 0. The predicted octanol–water partition coefficient (Wildman–Crippen LogP) is 4.52. The zero-order valence-electron chi connectivity index (χ0n) is 18.4. The van der Waals surface area contributed by atoms with Crippen LogP contribution in [0.4, 0.5) is 0 Å². The van der Waals surface area contributed by atoms with Crippen LogP contribution in [0.1, 0.15) is 52.4 Å². The fraction of sp³-hybridized carbons (Fsp3) is 0.500. The highest BCUT2D eigenvalue weighted by molar-refractivity contribution is 5.85. The Labute approximate surface area is 174 Å². The van der Waals surface area contributed by atoms with Gasteiger partial charge >= 0.3 is 0 Å². The van der Waals surface area contributed by atoms with E-state index in [1.165, 1.54) is 5.56 Å². The first kappa shape index (κ1) is 22.7. The standard InChI is InChI=1S/C24H34N2O3/c1-19(2)26(22(27)16-24(3,4)5)18-23(28)25(17-21-12-9-15-29-21)14-13-20-10-7-6-8-11-20/h6-12,15,19H,13-14,16-18H2,1-5H3. The minimum absolute atomic E-state index is 0.0156. The third-order valence-corrected chi connectivity index (χ3v) is 4.72. The van der Waals surface area contributed by atoms with Crippen molar-refractivity contribution in [2.75, 3.05) is 13.1 Å². The van der Waals surface area contributed by atoms with Crippen molar-refractivity contribution in [3.05, 3.63) is 60.1 Å². The minimum atomic E-state index is -0.117. The molecule has 2 amide bonds. The topological polar surface area (TPSA) is 53.8 Å². The van der Waals surface area contributed by atoms with Crippen LogP contribution in [0, 0.1) is 5.41 Å². The van der Waals surface area contributed by atoms with Gasteiger partial charge in [-0.05, 0) is 43.4 Å². The van der Waals surface area contributed by atoms with Crippen LogP contribution in [0.25, 0.3) is 0 Å². The smallest absolute Gasteiger partial charge is 0.242 e. The van der Waals surface area contributed by atoms with E-state index in [-0.39, 0.29) is 29.8 Å². The van der Waals surface area contributed by atoms with Gasteiger partial charge in [0, 0.05) is 19.0 Å². The largest absolute Gasteiger partial charge is 0.467 e. The normalized spacial score (nSPS) is 11.5. The number of nitrogens with zero attached hydrogens (tertiary/aromatic N) is 2. The van der Waals surface area contributed by atoms with Crippen molar-refractivity contribution in [2.45, 2.75) is 60.0 Å². The molecular formula is C24H34N2O3. The van der Waals surface area contributed by atoms with Crippen LogP contribution in [0.15, 0.2) is 53.1 Å². The maximum atomic E-state index is 13.2. The van der Waals surface area contributed by atoms with Crippen LogP contribution < -0.4 is 0 Å². The molecule has 0 saturated carbocycles. The highest BCUT2D eigenvalue weighted by Crippen LogP contribution is 2.21. The Morgan fingerprint density at radius 1 is 1.00 bits per heavy atom. The average Bonchev–Trinajstić information content (AvgIpc) is 3.15. The molecule has 0 atom stereocenters. The van der Waals surface area contributed by atoms with Crippen molar-refractivity contribution < 1.29 is 14.0 Å². The number of benzene rings is 1. The second-order valence-electron chi connectivity index (χ2n) is 8.98. The van der Waals surface area contributed by atoms with Gasteiger partial charge in [-0.1, -0.05) is 51.1 Å². The molecule has 5 nitrogen and oxygen atoms in total. The first-order chi connectivity index (χ1) is 13.7. The lowest BCUT2D eigenvalue weighted by Gasteiger charge is -2.32. The molecule has 5 heteroatoms. The molecule has 0 radical (unpaired) electrons. The fourth-order valence-electron chi connectivity index (χ4n) is 3.15. The Morgan fingerprint density at radius 2 is 1.69 bits per heavy atom. The molecule has 0 unspecified atom stereocenters. The van der Waals surface area contributed by atoms with Gasteiger partial charge in [0.1, 0.15) is 5.76 Å². The molecule has 0 aliphatic rings. The second-order valence-corrected chi connectivity index (χ2v) is 8.98. The molecule has 0 bridgehead atoms. The highest BCUT2D eigenvalue weighted by atomic mass is 16.3. The van der Waals surface area contributed by atoms with Crippen molar-refractivity contribution in [3.63, 3.8) is 0 Å². The summed E-state index contributed by atoms with van der Waals surface area (Å²) in [7, 11) is 0. The number of furan rings is 1. The molecule has 0 aliphatic carbocycles. The van der Waals surface area contributed by atoms with Gasteiger partial charge < -0.3 is 14.2 Å². The lowest BCUT2D eigenvalue weighted by atomic mass is 9.91. The number of rotatable bonds is 9. The first-order valence-electron chi connectivity index (χ1n) is 10.3. The number of carbonyl (C=O) groups excluding carboxylic acids is 2. The van der Waals surface area contributed by atoms with E-state index in [9.17, 15) is 9.59 Å². The van der Waals surface area contributed by atoms with Gasteiger partial charge in [-0.25, -0.2) is 0 Å². The summed E-state index contributed by atoms with van der Waals surface area (Å²) in [6, 6.07) is 13.8. The van der Waals surface area contributed by atoms with Crippen LogP contribution in [-0.2, 0) is 22.6 Å². The van der Waals surface area contributed by atoms with Crippen molar-refractivity contribution >= 4 is 11.8 Å². The van der Waals surface area contributed by atoms with E-state index in [0.29, 0.717) is 19.5 Å². The molecule has 29 heavy (non-hydrogen) atoms. The number of hydrogen-bond acceptors (Lipinski definition) is 3. The summed E-state index contributed by atoms with van der Waals surface area (Å²) in [5, 5.41) is 0. The van der Waals surface area contributed by atoms with Gasteiger partial charge in [0.25, 0.3) is 0 Å². The Balaban J connectivity index is 2.10. The molecule has 158 valence electrons. The maximum Gasteiger partial charge on any atom is 0.242 e. The summed E-state index contributed by atoms with van der Waals surface area (Å²) in [5.74, 6) is 0.693. The van der Waals surface area contributed by atoms with Crippen molar-refractivity contribution in [1.29, 1.82) is 0 Å². The molecule has 0 aliphatic heterocycles. The summed E-state index contributed by atoms with van der Waals surface area (Å²) < 4.78 is 5.46. The van der Waals surface area contributed by atoms with Gasteiger partial charge in [-0.3, -0.25) is 9.59 Å². The van der Waals surface area contributed by atoms with E-state index in [4.69, 9.17) is 4.42 Å². The van der Waals surface area contributed by atoms with Crippen LogP contribution in [0.5, 0.6) is 0 Å². The molecule has 1 heterocycles. The second kappa shape index (κ2) is 10.3. The minimum Gasteiger partial charge on any atom is -0.467 e. The molecular weight excluding hydrogens is 364 g/mol. The summed E-state index contributed by atoms with van der Waals surface area (Å²) in [4.78, 5) is 29.4. The lowest BCUT2D eigenvalue weighted by molar-refractivity contribution is -0.143. The number of hydrogen-bond donors (Lipinski definition) is 0. The van der Waals surface area contributed by atoms with Gasteiger partial charge in [0.05, 0.1) is 19.4 Å². The zero-order valence-corrected chi connectivity index (χ0v) is 18.4. The lowest BCUT2D eigenvalue weighted by Crippen LogP contribution is -2.46. The van der Waals surface area contributed by atoms with Crippen LogP contribution in [-0.4, -0.2) is 40.7 Å². The summed E-state index contributed by atoms with van der Waals surface area (Å²) in [5.41, 5.74) is 1.06. The molecule has 0 fully saturated rings. The van der Waals surface area contributed by atoms with E-state index in [2.05, 4.69) is 12.1 Å². The SMILES string of the molecule is CC(C)N(CC(=O)N(CCc1ccccc1)Cc1ccco1)C(=O)CC(C)(C)C. The van der Waals surface area contributed by atoms with Crippen LogP contribution >= 0.6 is 0 Å². The van der Waals surface area contributed by atoms with Gasteiger partial charge in [0.15, 0.2) is 0 Å². The molecule has 2 aromatic rings. The van der Waals surface area contributed by atoms with Gasteiger partial charge in [0.2, 0.25) is 11.8 Å². The third kappa shape index (κ3) is 7.76. The molecule has 1 aromatic heterocycles. The fourth-order valence-corrected chi connectivity index (χ4v) is 3.15. The van der Waals surface area contributed by atoms with E-state index in [0.717, 1.165) is 12.2 Å². The van der Waals surface area contributed by atoms with Crippen LogP contribution in [0.3, 0.4) is 0 Å². The van der Waals surface area contributed by atoms with E-state index in [1.54, 1.807) is 16.1 Å². The molecule has 2 rings (SSSR count). The first-order valence-corrected chi connectivity index (χ1v) is 10.3. The Hall–Kier alpha value is -2.56. The Kier molecular flexibility index (Phi) is 8.06. The summed E-state index contributed by atoms with van der Waals surface area (Å²) in [6.07, 6.45) is 2.79. The van der Waals surface area contributed by atoms with Gasteiger partial charge in [-0.15, -0.1) is 0 Å². The molecule has 0 saturated heterocycles. The van der Waals surface area contributed by atoms with E-state index >= 15 is 0 Å².